The molecule has 0 radical (unpaired) electrons. The summed E-state index contributed by atoms with van der Waals surface area (Å²) in [7, 11) is 1.65. The van der Waals surface area contributed by atoms with Crippen LogP contribution in [0.3, 0.4) is 0 Å². The SMILES string of the molecule is CO[C@H]1CC2=C3C(=O)CC[C@@H]3[C@@H]3C(=O)OC(=O)[C@]3(C)[C@@H]2C1. The van der Waals surface area contributed by atoms with E-state index in [0.717, 1.165) is 11.1 Å². The van der Waals surface area contributed by atoms with Gasteiger partial charge in [0, 0.05) is 19.4 Å². The summed E-state index contributed by atoms with van der Waals surface area (Å²) in [6.45, 7) is 1.84. The molecule has 0 aromatic heterocycles. The van der Waals surface area contributed by atoms with E-state index in [1.807, 2.05) is 6.92 Å². The van der Waals surface area contributed by atoms with E-state index in [4.69, 9.17) is 9.47 Å². The topological polar surface area (TPSA) is 69.7 Å². The van der Waals surface area contributed by atoms with Gasteiger partial charge in [0.2, 0.25) is 0 Å². The Hall–Kier alpha value is -1.49. The van der Waals surface area contributed by atoms with Crippen LogP contribution in [0.2, 0.25) is 0 Å². The van der Waals surface area contributed by atoms with Gasteiger partial charge in [0.25, 0.3) is 0 Å². The summed E-state index contributed by atoms with van der Waals surface area (Å²) < 4.78 is 10.4. The molecule has 3 fully saturated rings. The third-order valence-electron chi connectivity index (χ3n) is 6.06. The number of methoxy groups -OCH3 is 1. The fraction of sp³-hybridized carbons (Fsp3) is 0.688. The zero-order chi connectivity index (χ0) is 14.9. The van der Waals surface area contributed by atoms with E-state index in [1.54, 1.807) is 7.11 Å². The number of cyclic esters (lactones) is 2. The van der Waals surface area contributed by atoms with E-state index in [0.29, 0.717) is 25.7 Å². The fourth-order valence-corrected chi connectivity index (χ4v) is 5.06. The highest BCUT2D eigenvalue weighted by Crippen LogP contribution is 2.62. The molecule has 1 saturated heterocycles. The van der Waals surface area contributed by atoms with Crippen molar-refractivity contribution < 1.29 is 23.9 Å². The number of carbonyl (C=O) groups is 3. The Morgan fingerprint density at radius 3 is 2.76 bits per heavy atom. The van der Waals surface area contributed by atoms with Crippen LogP contribution in [0.15, 0.2) is 11.1 Å². The minimum Gasteiger partial charge on any atom is -0.392 e. The molecule has 1 heterocycles. The van der Waals surface area contributed by atoms with Crippen molar-refractivity contribution in [3.8, 4) is 0 Å². The number of Topliss-reactive ketones (excluding diaryl/α,β-unsaturated/α-hetero) is 1. The first-order chi connectivity index (χ1) is 9.98. The van der Waals surface area contributed by atoms with Crippen LogP contribution < -0.4 is 0 Å². The third kappa shape index (κ3) is 1.42. The van der Waals surface area contributed by atoms with Crippen LogP contribution in [-0.2, 0) is 23.9 Å². The lowest BCUT2D eigenvalue weighted by molar-refractivity contribution is -0.155. The Morgan fingerprint density at radius 2 is 2.05 bits per heavy atom. The van der Waals surface area contributed by atoms with E-state index in [-0.39, 0.29) is 23.7 Å². The van der Waals surface area contributed by atoms with Gasteiger partial charge in [-0.25, -0.2) is 0 Å². The number of carbonyl (C=O) groups excluding carboxylic acids is 3. The molecule has 5 atom stereocenters. The van der Waals surface area contributed by atoms with Gasteiger partial charge in [-0.2, -0.15) is 0 Å². The van der Waals surface area contributed by atoms with Crippen LogP contribution in [0.25, 0.3) is 0 Å². The Labute approximate surface area is 122 Å². The first kappa shape index (κ1) is 13.2. The quantitative estimate of drug-likeness (QED) is 0.539. The van der Waals surface area contributed by atoms with E-state index in [9.17, 15) is 14.4 Å². The van der Waals surface area contributed by atoms with Crippen molar-refractivity contribution in [2.75, 3.05) is 7.11 Å². The molecule has 21 heavy (non-hydrogen) atoms. The average Bonchev–Trinajstić information content (AvgIpc) is 3.07. The van der Waals surface area contributed by atoms with Crippen molar-refractivity contribution in [1.82, 2.24) is 0 Å². The Kier molecular flexibility index (Phi) is 2.53. The number of ether oxygens (including phenoxy) is 2. The van der Waals surface area contributed by atoms with Gasteiger partial charge < -0.3 is 9.47 Å². The maximum atomic E-state index is 12.4. The van der Waals surface area contributed by atoms with Gasteiger partial charge in [0.05, 0.1) is 17.4 Å². The van der Waals surface area contributed by atoms with Crippen LogP contribution in [0, 0.1) is 23.2 Å². The molecule has 4 aliphatic rings. The van der Waals surface area contributed by atoms with E-state index in [2.05, 4.69) is 0 Å². The van der Waals surface area contributed by atoms with Crippen LogP contribution in [-0.4, -0.2) is 30.9 Å². The molecule has 0 N–H and O–H groups in total. The zero-order valence-electron chi connectivity index (χ0n) is 12.2. The maximum absolute atomic E-state index is 12.4. The van der Waals surface area contributed by atoms with Crippen LogP contribution in [0.1, 0.15) is 32.6 Å². The van der Waals surface area contributed by atoms with Crippen molar-refractivity contribution in [3.05, 3.63) is 11.1 Å². The van der Waals surface area contributed by atoms with Gasteiger partial charge >= 0.3 is 11.9 Å². The molecule has 5 nitrogen and oxygen atoms in total. The van der Waals surface area contributed by atoms with E-state index < -0.39 is 23.3 Å². The fourth-order valence-electron chi connectivity index (χ4n) is 5.06. The molecule has 4 rings (SSSR count). The first-order valence-electron chi connectivity index (χ1n) is 7.53. The minimum absolute atomic E-state index is 0.0191. The molecular formula is C16H18O5. The summed E-state index contributed by atoms with van der Waals surface area (Å²) >= 11 is 0. The second-order valence-corrected chi connectivity index (χ2v) is 6.83. The highest BCUT2D eigenvalue weighted by Gasteiger charge is 2.67. The predicted molar refractivity (Wildman–Crippen MR) is 71.0 cm³/mol. The van der Waals surface area contributed by atoms with Crippen LogP contribution in [0.5, 0.6) is 0 Å². The summed E-state index contributed by atoms with van der Waals surface area (Å²) in [5.74, 6) is -1.44. The molecule has 1 aliphatic heterocycles. The third-order valence-corrected chi connectivity index (χ3v) is 6.06. The largest absolute Gasteiger partial charge is 0.392 e. The molecule has 0 aromatic carbocycles. The van der Waals surface area contributed by atoms with Gasteiger partial charge in [0.15, 0.2) is 5.78 Å². The van der Waals surface area contributed by atoms with Crippen molar-refractivity contribution in [3.63, 3.8) is 0 Å². The highest BCUT2D eigenvalue weighted by molar-refractivity contribution is 6.05. The Morgan fingerprint density at radius 1 is 1.29 bits per heavy atom. The maximum Gasteiger partial charge on any atom is 0.320 e. The molecule has 0 amide bonds. The van der Waals surface area contributed by atoms with Gasteiger partial charge in [-0.3, -0.25) is 14.4 Å². The zero-order valence-corrected chi connectivity index (χ0v) is 12.2. The van der Waals surface area contributed by atoms with Gasteiger partial charge in [0.1, 0.15) is 0 Å². The summed E-state index contributed by atoms with van der Waals surface area (Å²) in [6.07, 6.45) is 2.53. The summed E-state index contributed by atoms with van der Waals surface area (Å²) in [5, 5.41) is 0. The smallest absolute Gasteiger partial charge is 0.320 e. The minimum atomic E-state index is -0.821. The average molecular weight is 290 g/mol. The van der Waals surface area contributed by atoms with E-state index in [1.165, 1.54) is 0 Å². The Bertz CT molecular complexity index is 604. The van der Waals surface area contributed by atoms with Gasteiger partial charge in [-0.05, 0) is 37.7 Å². The number of esters is 2. The molecule has 3 aliphatic carbocycles. The predicted octanol–water partition coefficient (Wildman–Crippen LogP) is 1.41. The molecule has 2 saturated carbocycles. The number of hydrogen-bond donors (Lipinski definition) is 0. The first-order valence-corrected chi connectivity index (χ1v) is 7.53. The lowest BCUT2D eigenvalue weighted by Crippen LogP contribution is -2.45. The summed E-state index contributed by atoms with van der Waals surface area (Å²) in [5.41, 5.74) is 1.05. The van der Waals surface area contributed by atoms with Crippen molar-refractivity contribution in [2.24, 2.45) is 23.2 Å². The number of hydrogen-bond acceptors (Lipinski definition) is 5. The van der Waals surface area contributed by atoms with Gasteiger partial charge in [-0.15, -0.1) is 0 Å². The van der Waals surface area contributed by atoms with Crippen molar-refractivity contribution >= 4 is 17.7 Å². The van der Waals surface area contributed by atoms with Crippen molar-refractivity contribution in [1.29, 1.82) is 0 Å². The number of allylic oxidation sites excluding steroid dienone is 1. The molecule has 0 aromatic rings. The van der Waals surface area contributed by atoms with Crippen LogP contribution >= 0.6 is 0 Å². The lowest BCUT2D eigenvalue weighted by Gasteiger charge is -2.40. The normalized spacial score (nSPS) is 44.8. The van der Waals surface area contributed by atoms with E-state index >= 15 is 0 Å². The number of fused-ring (bicyclic) bond motifs is 5. The molecule has 112 valence electrons. The standard InChI is InChI=1S/C16H18O5/c1-16-10-6-7(20-2)5-9(10)12-8(3-4-11(12)17)13(16)14(18)21-15(16)19/h7-8,10,13H,3-6H2,1-2H3/t7-,8-,10+,13+,16+/m0/s1. The second-order valence-electron chi connectivity index (χ2n) is 6.83. The molecular weight excluding hydrogens is 272 g/mol. The highest BCUT2D eigenvalue weighted by atomic mass is 16.6. The molecule has 0 spiro atoms. The Balaban J connectivity index is 1.92. The van der Waals surface area contributed by atoms with Crippen molar-refractivity contribution in [2.45, 2.75) is 38.7 Å². The monoisotopic (exact) mass is 290 g/mol. The number of ketones is 1. The summed E-state index contributed by atoms with van der Waals surface area (Å²) in [4.78, 5) is 36.9. The molecule has 0 unspecified atom stereocenters. The number of rotatable bonds is 1. The lowest BCUT2D eigenvalue weighted by atomic mass is 9.57. The van der Waals surface area contributed by atoms with Crippen LogP contribution in [0.4, 0.5) is 0 Å². The van der Waals surface area contributed by atoms with Gasteiger partial charge in [-0.1, -0.05) is 5.57 Å². The molecule has 0 bridgehead atoms. The summed E-state index contributed by atoms with van der Waals surface area (Å²) in [6, 6.07) is 0. The second kappa shape index (κ2) is 4.03. The molecule has 5 heteroatoms.